The first-order valence-electron chi connectivity index (χ1n) is 6.24. The zero-order chi connectivity index (χ0) is 18.1. The fourth-order valence-corrected chi connectivity index (χ4v) is 2.11. The van der Waals surface area contributed by atoms with Crippen LogP contribution in [0.1, 0.15) is 15.9 Å². The molecule has 0 radical (unpaired) electrons. The molecule has 0 aromatic heterocycles. The van der Waals surface area contributed by atoms with Gasteiger partial charge in [0.05, 0.1) is 5.56 Å². The topological polar surface area (TPSA) is 26.3 Å². The van der Waals surface area contributed by atoms with E-state index in [2.05, 4.69) is 4.74 Å². The Morgan fingerprint density at radius 1 is 0.917 bits per heavy atom. The minimum atomic E-state index is -4.90. The quantitative estimate of drug-likeness (QED) is 0.517. The Morgan fingerprint density at radius 2 is 1.50 bits per heavy atom. The molecule has 2 aromatic carbocycles. The predicted molar refractivity (Wildman–Crippen MR) is 73.7 cm³/mol. The summed E-state index contributed by atoms with van der Waals surface area (Å²) < 4.78 is 79.4. The van der Waals surface area contributed by atoms with Crippen molar-refractivity contribution in [2.45, 2.75) is 12.5 Å². The maximum atomic E-state index is 13.2. The fraction of sp³-hybridized carbons (Fsp3) is 0.133. The van der Waals surface area contributed by atoms with Crippen LogP contribution in [0.15, 0.2) is 42.5 Å². The molecule has 0 spiro atoms. The van der Waals surface area contributed by atoms with Crippen LogP contribution in [0.4, 0.5) is 26.3 Å². The lowest BCUT2D eigenvalue weighted by molar-refractivity contribution is -0.274. The van der Waals surface area contributed by atoms with E-state index in [0.717, 1.165) is 36.4 Å². The van der Waals surface area contributed by atoms with Crippen LogP contribution in [0.5, 0.6) is 5.75 Å². The van der Waals surface area contributed by atoms with E-state index in [1.165, 1.54) is 0 Å². The van der Waals surface area contributed by atoms with Gasteiger partial charge in [-0.05, 0) is 47.0 Å². The predicted octanol–water partition coefficient (Wildman–Crippen LogP) is 5.65. The monoisotopic (exact) mass is 368 g/mol. The summed E-state index contributed by atoms with van der Waals surface area (Å²) in [7, 11) is 0. The molecule has 24 heavy (non-hydrogen) atoms. The van der Waals surface area contributed by atoms with Crippen LogP contribution in [0.2, 0.25) is 0 Å². The third kappa shape index (κ3) is 4.41. The Balaban J connectivity index is 2.46. The number of rotatable bonds is 3. The lowest BCUT2D eigenvalue weighted by Crippen LogP contribution is -2.17. The van der Waals surface area contributed by atoms with Gasteiger partial charge in [-0.15, -0.1) is 13.2 Å². The van der Waals surface area contributed by atoms with E-state index in [1.807, 2.05) is 0 Å². The summed E-state index contributed by atoms with van der Waals surface area (Å²) in [6.07, 6.45) is -9.68. The number of hydrogen-bond donors (Lipinski definition) is 0. The first kappa shape index (κ1) is 18.1. The van der Waals surface area contributed by atoms with Crippen molar-refractivity contribution in [2.75, 3.05) is 0 Å². The van der Waals surface area contributed by atoms with Gasteiger partial charge in [0.1, 0.15) is 5.75 Å². The summed E-state index contributed by atoms with van der Waals surface area (Å²) in [4.78, 5) is 11.0. The molecular formula is C15H7ClF6O2. The molecule has 0 unspecified atom stereocenters. The maximum Gasteiger partial charge on any atom is 0.573 e. The van der Waals surface area contributed by atoms with Gasteiger partial charge in [0.2, 0.25) is 0 Å². The van der Waals surface area contributed by atoms with E-state index < -0.39 is 29.1 Å². The smallest absolute Gasteiger partial charge is 0.406 e. The third-order valence-corrected chi connectivity index (χ3v) is 3.17. The highest BCUT2D eigenvalue weighted by Gasteiger charge is 2.34. The Labute approximate surface area is 136 Å². The molecule has 0 heterocycles. The molecule has 0 fully saturated rings. The Bertz CT molecular complexity index is 750. The second kappa shape index (κ2) is 6.35. The molecule has 0 amide bonds. The highest BCUT2D eigenvalue weighted by molar-refractivity contribution is 6.67. The van der Waals surface area contributed by atoms with Gasteiger partial charge in [-0.25, -0.2) is 0 Å². The van der Waals surface area contributed by atoms with E-state index in [-0.39, 0.29) is 16.7 Å². The van der Waals surface area contributed by atoms with Crippen molar-refractivity contribution in [2.24, 2.45) is 0 Å². The average Bonchev–Trinajstić information content (AvgIpc) is 2.45. The van der Waals surface area contributed by atoms with Crippen LogP contribution in [0.3, 0.4) is 0 Å². The van der Waals surface area contributed by atoms with E-state index in [0.29, 0.717) is 6.07 Å². The number of hydrogen-bond acceptors (Lipinski definition) is 2. The second-order valence-electron chi connectivity index (χ2n) is 4.60. The molecule has 9 heteroatoms. The lowest BCUT2D eigenvalue weighted by Gasteiger charge is -2.15. The van der Waals surface area contributed by atoms with Gasteiger partial charge >= 0.3 is 12.5 Å². The van der Waals surface area contributed by atoms with Gasteiger partial charge in [-0.2, -0.15) is 13.2 Å². The van der Waals surface area contributed by atoms with Crippen LogP contribution >= 0.6 is 11.6 Å². The van der Waals surface area contributed by atoms with E-state index >= 15 is 0 Å². The summed E-state index contributed by atoms with van der Waals surface area (Å²) in [5, 5.41) is -1.05. The largest absolute Gasteiger partial charge is 0.573 e. The van der Waals surface area contributed by atoms with Gasteiger partial charge in [0.25, 0.3) is 5.24 Å². The van der Waals surface area contributed by atoms with Gasteiger partial charge in [-0.3, -0.25) is 4.79 Å². The average molecular weight is 369 g/mol. The van der Waals surface area contributed by atoms with E-state index in [9.17, 15) is 31.1 Å². The van der Waals surface area contributed by atoms with Crippen molar-refractivity contribution in [3.8, 4) is 16.9 Å². The van der Waals surface area contributed by atoms with Gasteiger partial charge in [-0.1, -0.05) is 18.2 Å². The first-order valence-corrected chi connectivity index (χ1v) is 6.62. The summed E-state index contributed by atoms with van der Waals surface area (Å²) in [6.45, 7) is 0. The highest BCUT2D eigenvalue weighted by atomic mass is 35.5. The molecule has 0 saturated heterocycles. The zero-order valence-electron chi connectivity index (χ0n) is 11.5. The van der Waals surface area contributed by atoms with Crippen LogP contribution in [0.25, 0.3) is 11.1 Å². The number of benzene rings is 2. The molecule has 2 rings (SSSR count). The molecule has 0 atom stereocenters. The van der Waals surface area contributed by atoms with Gasteiger partial charge in [0.15, 0.2) is 0 Å². The number of alkyl halides is 6. The fourth-order valence-electron chi connectivity index (χ4n) is 1.99. The number of carbonyl (C=O) groups excluding carboxylic acids is 1. The normalized spacial score (nSPS) is 12.1. The maximum absolute atomic E-state index is 13.2. The molecule has 2 aromatic rings. The minimum absolute atomic E-state index is 0.00502. The van der Waals surface area contributed by atoms with Crippen LogP contribution in [-0.4, -0.2) is 11.6 Å². The van der Waals surface area contributed by atoms with Gasteiger partial charge < -0.3 is 4.74 Å². The Kier molecular flexibility index (Phi) is 4.80. The molecule has 0 bridgehead atoms. The molecule has 2 nitrogen and oxygen atoms in total. The summed E-state index contributed by atoms with van der Waals surface area (Å²) in [6, 6.07) is 6.59. The van der Waals surface area contributed by atoms with Crippen LogP contribution in [0, 0.1) is 0 Å². The van der Waals surface area contributed by atoms with Crippen molar-refractivity contribution >= 4 is 16.8 Å². The SMILES string of the molecule is O=C(Cl)c1ccc(-c2ccc(OC(F)(F)F)cc2)c(C(F)(F)F)c1. The number of carbonyl (C=O) groups is 1. The minimum Gasteiger partial charge on any atom is -0.406 e. The van der Waals surface area contributed by atoms with Crippen molar-refractivity contribution < 1.29 is 35.9 Å². The van der Waals surface area contributed by atoms with Crippen LogP contribution in [-0.2, 0) is 6.18 Å². The number of halogens is 7. The first-order chi connectivity index (χ1) is 11.0. The Hall–Kier alpha value is -2.22. The second-order valence-corrected chi connectivity index (χ2v) is 4.95. The lowest BCUT2D eigenvalue weighted by atomic mass is 9.97. The van der Waals surface area contributed by atoms with Crippen LogP contribution < -0.4 is 4.74 Å². The molecule has 0 saturated carbocycles. The van der Waals surface area contributed by atoms with Crippen molar-refractivity contribution in [1.29, 1.82) is 0 Å². The molecular weight excluding hydrogens is 362 g/mol. The third-order valence-electron chi connectivity index (χ3n) is 2.95. The standard InChI is InChI=1S/C15H7ClF6O2/c16-13(23)9-3-6-11(12(7-9)14(17,18)19)8-1-4-10(5-2-8)24-15(20,21)22/h1-7H. The summed E-state index contributed by atoms with van der Waals surface area (Å²) in [5.74, 6) is -0.563. The molecule has 0 aliphatic carbocycles. The van der Waals surface area contributed by atoms with Crippen molar-refractivity contribution in [3.05, 3.63) is 53.6 Å². The van der Waals surface area contributed by atoms with E-state index in [4.69, 9.17) is 11.6 Å². The van der Waals surface area contributed by atoms with Crippen molar-refractivity contribution in [3.63, 3.8) is 0 Å². The van der Waals surface area contributed by atoms with Crippen molar-refractivity contribution in [1.82, 2.24) is 0 Å². The van der Waals surface area contributed by atoms with E-state index in [1.54, 1.807) is 0 Å². The molecule has 0 aliphatic heterocycles. The molecule has 0 N–H and O–H groups in total. The zero-order valence-corrected chi connectivity index (χ0v) is 12.3. The molecule has 128 valence electrons. The Morgan fingerprint density at radius 3 is 1.96 bits per heavy atom. The number of ether oxygens (including phenoxy) is 1. The van der Waals surface area contributed by atoms with Gasteiger partial charge in [0, 0.05) is 5.56 Å². The summed E-state index contributed by atoms with van der Waals surface area (Å²) >= 11 is 5.18. The summed E-state index contributed by atoms with van der Waals surface area (Å²) in [5.41, 5.74) is -1.77. The highest BCUT2D eigenvalue weighted by Crippen LogP contribution is 2.38. The molecule has 0 aliphatic rings.